The minimum atomic E-state index is -0.439. The van der Waals surface area contributed by atoms with Crippen LogP contribution in [0.5, 0.6) is 0 Å². The standard InChI is InChI=1S/C12H13Cl2NO3/c13-9-5-7(6-10(14)11(9)15)12(16)18-8-1-3-17-4-2-8/h5-6,8H,1-4,15H2. The minimum Gasteiger partial charge on any atom is -0.459 e. The van der Waals surface area contributed by atoms with E-state index >= 15 is 0 Å². The topological polar surface area (TPSA) is 61.6 Å². The number of carbonyl (C=O) groups is 1. The first-order chi connectivity index (χ1) is 8.58. The molecule has 1 aliphatic heterocycles. The Bertz CT molecular complexity index is 436. The van der Waals surface area contributed by atoms with Crippen LogP contribution in [0.2, 0.25) is 10.0 Å². The van der Waals surface area contributed by atoms with Crippen LogP contribution in [-0.4, -0.2) is 25.3 Å². The number of halogens is 2. The summed E-state index contributed by atoms with van der Waals surface area (Å²) in [5, 5.41) is 0.503. The van der Waals surface area contributed by atoms with E-state index in [1.165, 1.54) is 12.1 Å². The summed E-state index contributed by atoms with van der Waals surface area (Å²) in [6.45, 7) is 1.22. The summed E-state index contributed by atoms with van der Waals surface area (Å²) in [5.74, 6) is -0.439. The zero-order valence-electron chi connectivity index (χ0n) is 9.62. The van der Waals surface area contributed by atoms with Gasteiger partial charge in [0.25, 0.3) is 0 Å². The number of hydrogen-bond donors (Lipinski definition) is 1. The average molecular weight is 290 g/mol. The molecule has 6 heteroatoms. The summed E-state index contributed by atoms with van der Waals surface area (Å²) in [6, 6.07) is 2.93. The van der Waals surface area contributed by atoms with Crippen molar-refractivity contribution in [3.63, 3.8) is 0 Å². The maximum atomic E-state index is 11.9. The van der Waals surface area contributed by atoms with Crippen molar-refractivity contribution in [1.82, 2.24) is 0 Å². The van der Waals surface area contributed by atoms with Crippen LogP contribution < -0.4 is 5.73 Å². The van der Waals surface area contributed by atoms with Crippen LogP contribution >= 0.6 is 23.2 Å². The molecule has 0 amide bonds. The lowest BCUT2D eigenvalue weighted by atomic mass is 10.1. The fourth-order valence-corrected chi connectivity index (χ4v) is 2.20. The molecule has 1 aromatic rings. The maximum Gasteiger partial charge on any atom is 0.338 e. The van der Waals surface area contributed by atoms with Crippen molar-refractivity contribution in [1.29, 1.82) is 0 Å². The Labute approximate surface area is 115 Å². The van der Waals surface area contributed by atoms with Crippen LogP contribution in [0.4, 0.5) is 5.69 Å². The molecule has 0 bridgehead atoms. The molecule has 0 unspecified atom stereocenters. The Kier molecular flexibility index (Phi) is 4.32. The SMILES string of the molecule is Nc1c(Cl)cc(C(=O)OC2CCOCC2)cc1Cl. The third-order valence-corrected chi connectivity index (χ3v) is 3.38. The van der Waals surface area contributed by atoms with E-state index < -0.39 is 5.97 Å². The van der Waals surface area contributed by atoms with Crippen molar-refractivity contribution in [3.8, 4) is 0 Å². The summed E-state index contributed by atoms with van der Waals surface area (Å²) in [4.78, 5) is 11.9. The van der Waals surface area contributed by atoms with Crippen molar-refractivity contribution < 1.29 is 14.3 Å². The molecule has 1 aliphatic rings. The van der Waals surface area contributed by atoms with Crippen molar-refractivity contribution >= 4 is 34.9 Å². The van der Waals surface area contributed by atoms with Gasteiger partial charge in [-0.3, -0.25) is 0 Å². The summed E-state index contributed by atoms with van der Waals surface area (Å²) in [7, 11) is 0. The third-order valence-electron chi connectivity index (χ3n) is 2.76. The van der Waals surface area contributed by atoms with Gasteiger partial charge >= 0.3 is 5.97 Å². The zero-order valence-corrected chi connectivity index (χ0v) is 11.1. The number of esters is 1. The molecule has 18 heavy (non-hydrogen) atoms. The molecule has 2 rings (SSSR count). The van der Waals surface area contributed by atoms with Crippen LogP contribution in [-0.2, 0) is 9.47 Å². The average Bonchev–Trinajstić information content (AvgIpc) is 2.36. The number of anilines is 1. The maximum absolute atomic E-state index is 11.9. The van der Waals surface area contributed by atoms with Gasteiger partial charge in [0, 0.05) is 12.8 Å². The van der Waals surface area contributed by atoms with Crippen LogP contribution in [0.25, 0.3) is 0 Å². The Morgan fingerprint density at radius 3 is 2.39 bits per heavy atom. The molecular formula is C12H13Cl2NO3. The first kappa shape index (κ1) is 13.5. The molecule has 0 aromatic heterocycles. The van der Waals surface area contributed by atoms with E-state index in [1.807, 2.05) is 0 Å². The highest BCUT2D eigenvalue weighted by atomic mass is 35.5. The number of nitrogen functional groups attached to an aromatic ring is 1. The monoisotopic (exact) mass is 289 g/mol. The molecule has 0 atom stereocenters. The number of nitrogens with two attached hydrogens (primary N) is 1. The van der Waals surface area contributed by atoms with Gasteiger partial charge in [-0.15, -0.1) is 0 Å². The van der Waals surface area contributed by atoms with Crippen molar-refractivity contribution in [2.45, 2.75) is 18.9 Å². The molecule has 98 valence electrons. The first-order valence-electron chi connectivity index (χ1n) is 5.61. The highest BCUT2D eigenvalue weighted by Crippen LogP contribution is 2.29. The smallest absolute Gasteiger partial charge is 0.338 e. The second-order valence-corrected chi connectivity index (χ2v) is 4.89. The second kappa shape index (κ2) is 5.78. The normalized spacial score (nSPS) is 16.6. The Morgan fingerprint density at radius 1 is 1.28 bits per heavy atom. The molecule has 4 nitrogen and oxygen atoms in total. The molecule has 0 spiro atoms. The highest BCUT2D eigenvalue weighted by Gasteiger charge is 2.20. The van der Waals surface area contributed by atoms with Crippen LogP contribution in [0.15, 0.2) is 12.1 Å². The number of ether oxygens (including phenoxy) is 2. The first-order valence-corrected chi connectivity index (χ1v) is 6.37. The lowest BCUT2D eigenvalue weighted by molar-refractivity contribution is -0.0159. The quantitative estimate of drug-likeness (QED) is 0.672. The molecule has 2 N–H and O–H groups in total. The summed E-state index contributed by atoms with van der Waals surface area (Å²) in [6.07, 6.45) is 1.31. The van der Waals surface area contributed by atoms with E-state index in [9.17, 15) is 4.79 Å². The lowest BCUT2D eigenvalue weighted by Gasteiger charge is -2.22. The van der Waals surface area contributed by atoms with E-state index in [4.69, 9.17) is 38.4 Å². The zero-order chi connectivity index (χ0) is 13.1. The lowest BCUT2D eigenvalue weighted by Crippen LogP contribution is -2.26. The summed E-state index contributed by atoms with van der Waals surface area (Å²) >= 11 is 11.7. The van der Waals surface area contributed by atoms with Gasteiger partial charge in [-0.1, -0.05) is 23.2 Å². The molecule has 0 radical (unpaired) electrons. The van der Waals surface area contributed by atoms with E-state index in [0.29, 0.717) is 31.6 Å². The van der Waals surface area contributed by atoms with Gasteiger partial charge in [0.2, 0.25) is 0 Å². The van der Waals surface area contributed by atoms with Gasteiger partial charge in [-0.2, -0.15) is 0 Å². The predicted molar refractivity (Wildman–Crippen MR) is 70.1 cm³/mol. The number of rotatable bonds is 2. The van der Waals surface area contributed by atoms with Gasteiger partial charge in [0.1, 0.15) is 6.10 Å². The van der Waals surface area contributed by atoms with E-state index in [2.05, 4.69) is 0 Å². The van der Waals surface area contributed by atoms with Crippen molar-refractivity contribution in [2.75, 3.05) is 18.9 Å². The van der Waals surface area contributed by atoms with Crippen LogP contribution in [0.1, 0.15) is 23.2 Å². The molecule has 1 saturated heterocycles. The Balaban J connectivity index is 2.08. The van der Waals surface area contributed by atoms with Gasteiger partial charge in [0.15, 0.2) is 0 Å². The van der Waals surface area contributed by atoms with Crippen LogP contribution in [0, 0.1) is 0 Å². The molecule has 1 aromatic carbocycles. The molecule has 1 fully saturated rings. The van der Waals surface area contributed by atoms with Gasteiger partial charge in [-0.05, 0) is 12.1 Å². The van der Waals surface area contributed by atoms with E-state index in [-0.39, 0.29) is 21.8 Å². The predicted octanol–water partition coefficient (Wildman–Crippen LogP) is 2.91. The fraction of sp³-hybridized carbons (Fsp3) is 0.417. The van der Waals surface area contributed by atoms with E-state index in [0.717, 1.165) is 0 Å². The van der Waals surface area contributed by atoms with Crippen molar-refractivity contribution in [3.05, 3.63) is 27.7 Å². The van der Waals surface area contributed by atoms with Gasteiger partial charge < -0.3 is 15.2 Å². The molecular weight excluding hydrogens is 277 g/mol. The Morgan fingerprint density at radius 2 is 1.83 bits per heavy atom. The van der Waals surface area contributed by atoms with Crippen molar-refractivity contribution in [2.24, 2.45) is 0 Å². The molecule has 0 saturated carbocycles. The second-order valence-electron chi connectivity index (χ2n) is 4.07. The van der Waals surface area contributed by atoms with Gasteiger partial charge in [-0.25, -0.2) is 4.79 Å². The molecule has 1 heterocycles. The van der Waals surface area contributed by atoms with E-state index in [1.54, 1.807) is 0 Å². The van der Waals surface area contributed by atoms with Crippen LogP contribution in [0.3, 0.4) is 0 Å². The largest absolute Gasteiger partial charge is 0.459 e. The highest BCUT2D eigenvalue weighted by molar-refractivity contribution is 6.39. The summed E-state index contributed by atoms with van der Waals surface area (Å²) < 4.78 is 10.5. The number of carbonyl (C=O) groups excluding carboxylic acids is 1. The number of benzene rings is 1. The number of hydrogen-bond acceptors (Lipinski definition) is 4. The summed E-state index contributed by atoms with van der Waals surface area (Å²) in [5.41, 5.74) is 6.18. The minimum absolute atomic E-state index is 0.110. The third kappa shape index (κ3) is 3.07. The fourth-order valence-electron chi connectivity index (χ4n) is 1.72. The Hall–Kier alpha value is -0.970. The van der Waals surface area contributed by atoms with Gasteiger partial charge in [0.05, 0.1) is 34.5 Å². The molecule has 0 aliphatic carbocycles.